The molecule has 1 aliphatic heterocycles. The lowest BCUT2D eigenvalue weighted by molar-refractivity contribution is -0.531. The summed E-state index contributed by atoms with van der Waals surface area (Å²) < 4.78 is 0. The van der Waals surface area contributed by atoms with Crippen LogP contribution in [0.2, 0.25) is 0 Å². The van der Waals surface area contributed by atoms with Gasteiger partial charge in [0.1, 0.15) is 6.04 Å². The second kappa shape index (κ2) is 4.40. The van der Waals surface area contributed by atoms with E-state index in [2.05, 4.69) is 5.32 Å². The maximum absolute atomic E-state index is 10.9. The Hall–Kier alpha value is -1.42. The lowest BCUT2D eigenvalue weighted by atomic mass is 9.93. The Morgan fingerprint density at radius 2 is 2.07 bits per heavy atom. The summed E-state index contributed by atoms with van der Waals surface area (Å²) in [4.78, 5) is 10.7. The summed E-state index contributed by atoms with van der Waals surface area (Å²) in [5, 5.41) is 14.1. The van der Waals surface area contributed by atoms with Gasteiger partial charge in [-0.25, -0.2) is 0 Å². The molecule has 0 aromatic heterocycles. The second-order valence-corrected chi connectivity index (χ2v) is 3.84. The van der Waals surface area contributed by atoms with Gasteiger partial charge in [0, 0.05) is 11.3 Å². The van der Waals surface area contributed by atoms with E-state index < -0.39 is 6.04 Å². The van der Waals surface area contributed by atoms with Crippen molar-refractivity contribution < 1.29 is 4.92 Å². The fourth-order valence-corrected chi connectivity index (χ4v) is 2.10. The van der Waals surface area contributed by atoms with Gasteiger partial charge >= 0.3 is 0 Å². The largest absolute Gasteiger partial charge is 0.304 e. The van der Waals surface area contributed by atoms with Gasteiger partial charge in [0.25, 0.3) is 0 Å². The molecule has 0 bridgehead atoms. The lowest BCUT2D eigenvalue weighted by Crippen LogP contribution is -2.41. The van der Waals surface area contributed by atoms with Crippen LogP contribution in [0.3, 0.4) is 0 Å². The molecular formula is C11H14N2O2. The van der Waals surface area contributed by atoms with E-state index in [0.717, 1.165) is 18.5 Å². The third kappa shape index (κ3) is 2.15. The molecule has 1 aromatic rings. The molecule has 4 nitrogen and oxygen atoms in total. The van der Waals surface area contributed by atoms with Crippen molar-refractivity contribution in [1.82, 2.24) is 5.32 Å². The number of hydrogen-bond acceptors (Lipinski definition) is 3. The number of rotatable bonds is 2. The average molecular weight is 206 g/mol. The Bertz CT molecular complexity index is 340. The highest BCUT2D eigenvalue weighted by atomic mass is 16.6. The van der Waals surface area contributed by atoms with E-state index in [1.165, 1.54) is 0 Å². The molecule has 0 radical (unpaired) electrons. The standard InChI is InChI=1S/C11H14N2O2/c14-13(15)10-7-4-8-12-11(10)9-5-2-1-3-6-9/h1-3,5-6,10-12H,4,7-8H2/t10-,11+/m1/s1. The average Bonchev–Trinajstić information content (AvgIpc) is 2.30. The van der Waals surface area contributed by atoms with Crippen molar-refractivity contribution >= 4 is 0 Å². The van der Waals surface area contributed by atoms with Gasteiger partial charge in [-0.3, -0.25) is 10.1 Å². The second-order valence-electron chi connectivity index (χ2n) is 3.84. The molecule has 15 heavy (non-hydrogen) atoms. The summed E-state index contributed by atoms with van der Waals surface area (Å²) in [6, 6.07) is 9.04. The zero-order chi connectivity index (χ0) is 10.7. The topological polar surface area (TPSA) is 55.2 Å². The van der Waals surface area contributed by atoms with Crippen molar-refractivity contribution in [2.75, 3.05) is 6.54 Å². The summed E-state index contributed by atoms with van der Waals surface area (Å²) in [6.07, 6.45) is 1.55. The molecule has 0 spiro atoms. The molecule has 0 unspecified atom stereocenters. The highest BCUT2D eigenvalue weighted by Gasteiger charge is 2.34. The summed E-state index contributed by atoms with van der Waals surface area (Å²) in [5.41, 5.74) is 1.01. The molecular weight excluding hydrogens is 192 g/mol. The highest BCUT2D eigenvalue weighted by molar-refractivity contribution is 5.20. The highest BCUT2D eigenvalue weighted by Crippen LogP contribution is 2.25. The minimum absolute atomic E-state index is 0.130. The lowest BCUT2D eigenvalue weighted by Gasteiger charge is -2.26. The summed E-state index contributed by atoms with van der Waals surface area (Å²) in [7, 11) is 0. The summed E-state index contributed by atoms with van der Waals surface area (Å²) >= 11 is 0. The number of nitrogens with one attached hydrogen (secondary N) is 1. The third-order valence-electron chi connectivity index (χ3n) is 2.86. The van der Waals surface area contributed by atoms with Crippen LogP contribution >= 0.6 is 0 Å². The van der Waals surface area contributed by atoms with Gasteiger partial charge < -0.3 is 5.32 Å². The first-order valence-corrected chi connectivity index (χ1v) is 5.21. The van der Waals surface area contributed by atoms with Crippen molar-refractivity contribution in [3.05, 3.63) is 46.0 Å². The van der Waals surface area contributed by atoms with Gasteiger partial charge in [0.15, 0.2) is 0 Å². The minimum atomic E-state index is -0.485. The van der Waals surface area contributed by atoms with Gasteiger partial charge in [0.2, 0.25) is 6.04 Å². The predicted molar refractivity (Wildman–Crippen MR) is 57.2 cm³/mol. The van der Waals surface area contributed by atoms with Crippen molar-refractivity contribution in [2.24, 2.45) is 0 Å². The van der Waals surface area contributed by atoms with E-state index in [1.807, 2.05) is 30.3 Å². The monoisotopic (exact) mass is 206 g/mol. The number of nitro groups is 1. The maximum atomic E-state index is 10.9. The van der Waals surface area contributed by atoms with Gasteiger partial charge in [-0.1, -0.05) is 30.3 Å². The van der Waals surface area contributed by atoms with Crippen LogP contribution in [-0.2, 0) is 0 Å². The Morgan fingerprint density at radius 3 is 2.73 bits per heavy atom. The number of benzene rings is 1. The molecule has 80 valence electrons. The zero-order valence-electron chi connectivity index (χ0n) is 8.43. The van der Waals surface area contributed by atoms with Crippen LogP contribution in [0.25, 0.3) is 0 Å². The molecule has 1 fully saturated rings. The fourth-order valence-electron chi connectivity index (χ4n) is 2.10. The summed E-state index contributed by atoms with van der Waals surface area (Å²) in [5.74, 6) is 0. The molecule has 2 rings (SSSR count). The third-order valence-corrected chi connectivity index (χ3v) is 2.86. The molecule has 0 amide bonds. The van der Waals surface area contributed by atoms with E-state index in [1.54, 1.807) is 0 Å². The number of nitrogens with zero attached hydrogens (tertiary/aromatic N) is 1. The smallest absolute Gasteiger partial charge is 0.232 e. The Kier molecular flexibility index (Phi) is 2.97. The first kappa shape index (κ1) is 10.1. The normalized spacial score (nSPS) is 26.1. The van der Waals surface area contributed by atoms with E-state index in [9.17, 15) is 10.1 Å². The molecule has 1 aromatic carbocycles. The van der Waals surface area contributed by atoms with E-state index in [-0.39, 0.29) is 11.0 Å². The van der Waals surface area contributed by atoms with Crippen LogP contribution in [0.4, 0.5) is 0 Å². The van der Waals surface area contributed by atoms with Gasteiger partial charge in [0.05, 0.1) is 0 Å². The van der Waals surface area contributed by atoms with Crippen molar-refractivity contribution in [3.8, 4) is 0 Å². The minimum Gasteiger partial charge on any atom is -0.304 e. The van der Waals surface area contributed by atoms with Crippen LogP contribution in [-0.4, -0.2) is 17.5 Å². The van der Waals surface area contributed by atoms with Crippen molar-refractivity contribution in [1.29, 1.82) is 0 Å². The molecule has 1 heterocycles. The van der Waals surface area contributed by atoms with Crippen molar-refractivity contribution in [3.63, 3.8) is 0 Å². The van der Waals surface area contributed by atoms with Crippen LogP contribution in [0, 0.1) is 10.1 Å². The first-order chi connectivity index (χ1) is 7.29. The van der Waals surface area contributed by atoms with E-state index >= 15 is 0 Å². The van der Waals surface area contributed by atoms with Crippen molar-refractivity contribution in [2.45, 2.75) is 24.9 Å². The molecule has 2 atom stereocenters. The van der Waals surface area contributed by atoms with Crippen LogP contribution < -0.4 is 5.32 Å². The first-order valence-electron chi connectivity index (χ1n) is 5.21. The maximum Gasteiger partial charge on any atom is 0.232 e. The molecule has 1 aliphatic rings. The molecule has 0 aliphatic carbocycles. The molecule has 1 N–H and O–H groups in total. The number of hydrogen-bond donors (Lipinski definition) is 1. The Balaban J connectivity index is 2.22. The zero-order valence-corrected chi connectivity index (χ0v) is 8.43. The molecule has 4 heteroatoms. The molecule has 1 saturated heterocycles. The fraction of sp³-hybridized carbons (Fsp3) is 0.455. The van der Waals surface area contributed by atoms with Crippen LogP contribution in [0.5, 0.6) is 0 Å². The van der Waals surface area contributed by atoms with Gasteiger partial charge in [-0.2, -0.15) is 0 Å². The molecule has 0 saturated carbocycles. The van der Waals surface area contributed by atoms with Gasteiger partial charge in [-0.15, -0.1) is 0 Å². The van der Waals surface area contributed by atoms with Crippen LogP contribution in [0.15, 0.2) is 30.3 Å². The SMILES string of the molecule is O=[N+]([O-])[C@@H]1CCCN[C@H]1c1ccccc1. The summed E-state index contributed by atoms with van der Waals surface area (Å²) in [6.45, 7) is 0.865. The number of piperidine rings is 1. The van der Waals surface area contributed by atoms with E-state index in [0.29, 0.717) is 6.42 Å². The Morgan fingerprint density at radius 1 is 1.33 bits per heavy atom. The Labute approximate surface area is 88.5 Å². The predicted octanol–water partition coefficient (Wildman–Crippen LogP) is 1.76. The van der Waals surface area contributed by atoms with Gasteiger partial charge in [-0.05, 0) is 18.5 Å². The van der Waals surface area contributed by atoms with Crippen LogP contribution in [0.1, 0.15) is 24.4 Å². The van der Waals surface area contributed by atoms with E-state index in [4.69, 9.17) is 0 Å². The quantitative estimate of drug-likeness (QED) is 0.592.